The van der Waals surface area contributed by atoms with E-state index in [1.807, 2.05) is 12.1 Å². The van der Waals surface area contributed by atoms with E-state index in [2.05, 4.69) is 28.5 Å². The van der Waals surface area contributed by atoms with Crippen LogP contribution in [0.4, 0.5) is 5.13 Å². The molecule has 16 heavy (non-hydrogen) atoms. The van der Waals surface area contributed by atoms with Crippen molar-refractivity contribution < 1.29 is 0 Å². The molecule has 0 amide bonds. The van der Waals surface area contributed by atoms with E-state index >= 15 is 0 Å². The fraction of sp³-hybridized carbons (Fsp3) is 0.400. The number of hydrogen-bond donors (Lipinski definition) is 1. The highest BCUT2D eigenvalue weighted by Gasteiger charge is 2.07. The molecule has 2 aromatic rings. The molecule has 0 aliphatic rings. The minimum absolute atomic E-state index is 0.378. The Morgan fingerprint density at radius 1 is 1.44 bits per heavy atom. The number of nitrogens with zero attached hydrogens (tertiary/aromatic N) is 2. The third kappa shape index (κ3) is 2.93. The maximum absolute atomic E-state index is 5.85. The van der Waals surface area contributed by atoms with Gasteiger partial charge in [-0.25, -0.2) is 4.98 Å². The molecule has 0 bridgehead atoms. The van der Waals surface area contributed by atoms with Crippen LogP contribution in [0.15, 0.2) is 12.1 Å². The van der Waals surface area contributed by atoms with Gasteiger partial charge in [0.2, 0.25) is 5.13 Å². The zero-order chi connectivity index (χ0) is 11.5. The maximum atomic E-state index is 5.85. The number of hydrogen-bond acceptors (Lipinski definition) is 5. The molecule has 3 nitrogen and oxygen atoms in total. The zero-order valence-corrected chi connectivity index (χ0v) is 11.4. The Morgan fingerprint density at radius 3 is 2.81 bits per heavy atom. The summed E-state index contributed by atoms with van der Waals surface area (Å²) in [6, 6.07) is 3.92. The Hall–Kier alpha value is -0.650. The quantitative estimate of drug-likeness (QED) is 0.915. The monoisotopic (exact) mass is 273 g/mol. The Bertz CT molecular complexity index is 464. The molecular formula is C10H12ClN3S2. The highest BCUT2D eigenvalue weighted by Crippen LogP contribution is 2.23. The first-order valence-electron chi connectivity index (χ1n) is 4.97. The van der Waals surface area contributed by atoms with Gasteiger partial charge in [-0.3, -0.25) is 0 Å². The van der Waals surface area contributed by atoms with Gasteiger partial charge in [0.05, 0.1) is 10.9 Å². The second-order valence-corrected chi connectivity index (χ2v) is 6.22. The van der Waals surface area contributed by atoms with Gasteiger partial charge >= 0.3 is 0 Å². The first kappa shape index (κ1) is 11.8. The van der Waals surface area contributed by atoms with E-state index in [9.17, 15) is 0 Å². The lowest BCUT2D eigenvalue weighted by atomic mass is 10.2. The second kappa shape index (κ2) is 5.12. The molecule has 1 N–H and O–H groups in total. The molecule has 0 spiro atoms. The zero-order valence-electron chi connectivity index (χ0n) is 9.03. The van der Waals surface area contributed by atoms with Gasteiger partial charge in [-0.05, 0) is 12.1 Å². The Labute approximate surface area is 108 Å². The smallest absolute Gasteiger partial charge is 0.202 e. The summed E-state index contributed by atoms with van der Waals surface area (Å²) in [6.07, 6.45) is 0. The van der Waals surface area contributed by atoms with Gasteiger partial charge in [0.25, 0.3) is 0 Å². The summed E-state index contributed by atoms with van der Waals surface area (Å²) in [4.78, 5) is 5.60. The topological polar surface area (TPSA) is 37.8 Å². The Kier molecular flexibility index (Phi) is 3.78. The van der Waals surface area contributed by atoms with Gasteiger partial charge in [-0.1, -0.05) is 25.4 Å². The molecule has 2 heterocycles. The summed E-state index contributed by atoms with van der Waals surface area (Å²) >= 11 is 8.84. The fourth-order valence-corrected chi connectivity index (χ4v) is 2.88. The van der Waals surface area contributed by atoms with E-state index < -0.39 is 0 Å². The normalized spacial score (nSPS) is 11.0. The van der Waals surface area contributed by atoms with E-state index in [0.717, 1.165) is 21.8 Å². The molecule has 2 rings (SSSR count). The van der Waals surface area contributed by atoms with Crippen molar-refractivity contribution >= 4 is 39.6 Å². The summed E-state index contributed by atoms with van der Waals surface area (Å²) in [5, 5.41) is 4.11. The number of anilines is 1. The van der Waals surface area contributed by atoms with Crippen LogP contribution in [0.3, 0.4) is 0 Å². The summed E-state index contributed by atoms with van der Waals surface area (Å²) in [7, 11) is 0. The standard InChI is InChI=1S/C10H12ClN3S2/c1-6(2)9-13-10(16-14-9)12-5-7-3-4-8(11)15-7/h3-4,6H,5H2,1-2H3,(H,12,13,14). The van der Waals surface area contributed by atoms with E-state index in [0.29, 0.717) is 5.92 Å². The fourth-order valence-electron chi connectivity index (χ4n) is 1.15. The van der Waals surface area contributed by atoms with Crippen molar-refractivity contribution in [3.8, 4) is 0 Å². The van der Waals surface area contributed by atoms with Crippen molar-refractivity contribution in [2.75, 3.05) is 5.32 Å². The Balaban J connectivity index is 1.94. The van der Waals surface area contributed by atoms with Crippen molar-refractivity contribution in [3.05, 3.63) is 27.2 Å². The molecule has 0 saturated carbocycles. The molecule has 86 valence electrons. The molecule has 0 atom stereocenters. The second-order valence-electron chi connectivity index (χ2n) is 3.67. The van der Waals surface area contributed by atoms with Crippen LogP contribution >= 0.6 is 34.5 Å². The highest BCUT2D eigenvalue weighted by molar-refractivity contribution is 7.16. The number of aromatic nitrogens is 2. The van der Waals surface area contributed by atoms with E-state index in [1.54, 1.807) is 11.3 Å². The largest absolute Gasteiger partial charge is 0.355 e. The van der Waals surface area contributed by atoms with Crippen LogP contribution in [0.2, 0.25) is 4.34 Å². The van der Waals surface area contributed by atoms with Crippen LogP contribution in [0.5, 0.6) is 0 Å². The molecule has 0 unspecified atom stereocenters. The third-order valence-corrected chi connectivity index (χ3v) is 3.92. The van der Waals surface area contributed by atoms with Crippen molar-refractivity contribution in [1.82, 2.24) is 9.36 Å². The molecule has 0 radical (unpaired) electrons. The molecular weight excluding hydrogens is 262 g/mol. The molecule has 0 fully saturated rings. The minimum atomic E-state index is 0.378. The summed E-state index contributed by atoms with van der Waals surface area (Å²) < 4.78 is 5.10. The molecule has 6 heteroatoms. The number of halogens is 1. The summed E-state index contributed by atoms with van der Waals surface area (Å²) in [5.74, 6) is 1.28. The third-order valence-electron chi connectivity index (χ3n) is 2.00. The van der Waals surface area contributed by atoms with E-state index in [1.165, 1.54) is 16.4 Å². The lowest BCUT2D eigenvalue weighted by Gasteiger charge is -1.98. The molecule has 0 aromatic carbocycles. The van der Waals surface area contributed by atoms with Crippen molar-refractivity contribution in [2.45, 2.75) is 26.3 Å². The van der Waals surface area contributed by atoms with Crippen LogP contribution in [-0.4, -0.2) is 9.36 Å². The number of rotatable bonds is 4. The Morgan fingerprint density at radius 2 is 2.25 bits per heavy atom. The predicted octanol–water partition coefficient (Wildman–Crippen LogP) is 3.99. The van der Waals surface area contributed by atoms with Crippen molar-refractivity contribution in [1.29, 1.82) is 0 Å². The average molecular weight is 274 g/mol. The van der Waals surface area contributed by atoms with E-state index in [-0.39, 0.29) is 0 Å². The minimum Gasteiger partial charge on any atom is -0.355 e. The number of nitrogens with one attached hydrogen (secondary N) is 1. The van der Waals surface area contributed by atoms with Gasteiger partial charge in [-0.15, -0.1) is 11.3 Å². The van der Waals surface area contributed by atoms with Crippen molar-refractivity contribution in [3.63, 3.8) is 0 Å². The lowest BCUT2D eigenvalue weighted by molar-refractivity contribution is 0.799. The SMILES string of the molecule is CC(C)c1nsc(NCc2ccc(Cl)s2)n1. The molecule has 2 aromatic heterocycles. The van der Waals surface area contributed by atoms with Crippen LogP contribution in [0.25, 0.3) is 0 Å². The lowest BCUT2D eigenvalue weighted by Crippen LogP contribution is -1.97. The van der Waals surface area contributed by atoms with Crippen LogP contribution in [-0.2, 0) is 6.54 Å². The highest BCUT2D eigenvalue weighted by atomic mass is 35.5. The van der Waals surface area contributed by atoms with Gasteiger partial charge in [-0.2, -0.15) is 4.37 Å². The number of thiophene rings is 1. The van der Waals surface area contributed by atoms with Gasteiger partial charge in [0.1, 0.15) is 5.82 Å². The summed E-state index contributed by atoms with van der Waals surface area (Å²) in [6.45, 7) is 4.93. The molecule has 0 aliphatic heterocycles. The first-order chi connectivity index (χ1) is 7.65. The van der Waals surface area contributed by atoms with E-state index in [4.69, 9.17) is 11.6 Å². The first-order valence-corrected chi connectivity index (χ1v) is 6.93. The average Bonchev–Trinajstić information content (AvgIpc) is 2.83. The predicted molar refractivity (Wildman–Crippen MR) is 70.7 cm³/mol. The van der Waals surface area contributed by atoms with Gasteiger partial charge in [0, 0.05) is 22.3 Å². The molecule has 0 saturated heterocycles. The van der Waals surface area contributed by atoms with Crippen LogP contribution in [0, 0.1) is 0 Å². The summed E-state index contributed by atoms with van der Waals surface area (Å²) in [5.41, 5.74) is 0. The molecule has 0 aliphatic carbocycles. The van der Waals surface area contributed by atoms with Gasteiger partial charge < -0.3 is 5.32 Å². The van der Waals surface area contributed by atoms with Crippen molar-refractivity contribution in [2.24, 2.45) is 0 Å². The van der Waals surface area contributed by atoms with Crippen LogP contribution in [0.1, 0.15) is 30.5 Å². The van der Waals surface area contributed by atoms with Gasteiger partial charge in [0.15, 0.2) is 0 Å². The van der Waals surface area contributed by atoms with Crippen LogP contribution < -0.4 is 5.32 Å². The maximum Gasteiger partial charge on any atom is 0.202 e.